The minimum Gasteiger partial charge on any atom is -0.343 e. The van der Waals surface area contributed by atoms with Crippen molar-refractivity contribution in [1.29, 1.82) is 0 Å². The monoisotopic (exact) mass is 441 g/mol. The van der Waals surface area contributed by atoms with E-state index in [1.165, 1.54) is 17.8 Å². The third kappa shape index (κ3) is 4.36. The smallest absolute Gasteiger partial charge is 0.264 e. The van der Waals surface area contributed by atoms with Gasteiger partial charge in [0.1, 0.15) is 5.82 Å². The average Bonchev–Trinajstić information content (AvgIpc) is 3.32. The van der Waals surface area contributed by atoms with Gasteiger partial charge >= 0.3 is 0 Å². The zero-order valence-corrected chi connectivity index (χ0v) is 18.2. The highest BCUT2D eigenvalue weighted by molar-refractivity contribution is 8.18. The second kappa shape index (κ2) is 8.48. The largest absolute Gasteiger partial charge is 0.343 e. The fourth-order valence-corrected chi connectivity index (χ4v) is 4.49. The number of amidine groups is 1. The summed E-state index contributed by atoms with van der Waals surface area (Å²) in [7, 11) is 0. The van der Waals surface area contributed by atoms with Gasteiger partial charge in [-0.2, -0.15) is 0 Å². The number of fused-ring (bicyclic) bond motifs is 1. The van der Waals surface area contributed by atoms with Crippen LogP contribution in [0.15, 0.2) is 88.9 Å². The molecule has 4 nitrogen and oxygen atoms in total. The highest BCUT2D eigenvalue weighted by atomic mass is 32.2. The highest BCUT2D eigenvalue weighted by Crippen LogP contribution is 2.29. The molecule has 1 saturated heterocycles. The van der Waals surface area contributed by atoms with Crippen molar-refractivity contribution in [2.75, 3.05) is 0 Å². The van der Waals surface area contributed by atoms with Crippen LogP contribution in [-0.4, -0.2) is 15.6 Å². The van der Waals surface area contributed by atoms with Gasteiger partial charge in [0.05, 0.1) is 10.6 Å². The van der Waals surface area contributed by atoms with E-state index in [4.69, 9.17) is 0 Å². The van der Waals surface area contributed by atoms with Gasteiger partial charge in [-0.3, -0.25) is 4.79 Å². The Morgan fingerprint density at radius 3 is 2.72 bits per heavy atom. The van der Waals surface area contributed by atoms with Crippen molar-refractivity contribution in [3.05, 3.63) is 106 Å². The van der Waals surface area contributed by atoms with Crippen LogP contribution >= 0.6 is 11.8 Å². The molecule has 1 amide bonds. The van der Waals surface area contributed by atoms with E-state index < -0.39 is 0 Å². The van der Waals surface area contributed by atoms with Crippen LogP contribution in [0.1, 0.15) is 16.7 Å². The van der Waals surface area contributed by atoms with E-state index in [0.29, 0.717) is 16.6 Å². The first-order valence-corrected chi connectivity index (χ1v) is 11.0. The number of nitrogens with one attached hydrogen (secondary N) is 1. The van der Waals surface area contributed by atoms with E-state index in [1.807, 2.05) is 73.8 Å². The molecule has 6 heteroatoms. The standard InChI is InChI=1S/C26H20FN3OS/c1-17-5-8-22(9-6-17)28-26-29-25(31)24(32-26)15-18-7-10-23-20(13-18)11-12-30(23)16-19-3-2-4-21(27)14-19/h2-15H,16H2,1H3,(H,28,29,31)/b24-15+. The first-order chi connectivity index (χ1) is 15.5. The summed E-state index contributed by atoms with van der Waals surface area (Å²) in [4.78, 5) is 17.5. The fourth-order valence-electron chi connectivity index (χ4n) is 3.65. The molecule has 1 aromatic heterocycles. The molecule has 0 saturated carbocycles. The summed E-state index contributed by atoms with van der Waals surface area (Å²) in [6.45, 7) is 2.62. The number of nitrogens with zero attached hydrogens (tertiary/aromatic N) is 2. The SMILES string of the molecule is Cc1ccc(N=C2NC(=O)/C(=C\c3ccc4c(ccn4Cc4cccc(F)c4)c3)S2)cc1. The lowest BCUT2D eigenvalue weighted by molar-refractivity contribution is -0.115. The molecule has 32 heavy (non-hydrogen) atoms. The Hall–Kier alpha value is -3.64. The van der Waals surface area contributed by atoms with Gasteiger partial charge in [0.2, 0.25) is 0 Å². The lowest BCUT2D eigenvalue weighted by Crippen LogP contribution is -2.19. The van der Waals surface area contributed by atoms with Crippen LogP contribution in [-0.2, 0) is 11.3 Å². The number of halogens is 1. The summed E-state index contributed by atoms with van der Waals surface area (Å²) >= 11 is 1.34. The third-order valence-electron chi connectivity index (χ3n) is 5.25. The summed E-state index contributed by atoms with van der Waals surface area (Å²) in [5.74, 6) is -0.380. The Morgan fingerprint density at radius 1 is 1.06 bits per heavy atom. The first kappa shape index (κ1) is 20.3. The molecule has 5 rings (SSSR count). The summed E-state index contributed by atoms with van der Waals surface area (Å²) < 4.78 is 15.6. The minimum atomic E-state index is -0.231. The number of benzene rings is 3. The molecule has 0 spiro atoms. The van der Waals surface area contributed by atoms with Gasteiger partial charge < -0.3 is 9.88 Å². The molecule has 0 radical (unpaired) electrons. The number of hydrogen-bond donors (Lipinski definition) is 1. The van der Waals surface area contributed by atoms with Crippen molar-refractivity contribution < 1.29 is 9.18 Å². The predicted octanol–water partition coefficient (Wildman–Crippen LogP) is 6.03. The number of amides is 1. The van der Waals surface area contributed by atoms with Gasteiger partial charge in [-0.05, 0) is 78.4 Å². The summed E-state index contributed by atoms with van der Waals surface area (Å²) in [5, 5.41) is 4.47. The van der Waals surface area contributed by atoms with Crippen LogP contribution in [0, 0.1) is 12.7 Å². The molecule has 0 atom stereocenters. The molecule has 0 aliphatic carbocycles. The molecular formula is C26H20FN3OS. The Kier molecular flexibility index (Phi) is 5.37. The highest BCUT2D eigenvalue weighted by Gasteiger charge is 2.23. The van der Waals surface area contributed by atoms with Crippen LogP contribution in [0.2, 0.25) is 0 Å². The fraction of sp³-hybridized carbons (Fsp3) is 0.0769. The number of carbonyl (C=O) groups is 1. The summed E-state index contributed by atoms with van der Waals surface area (Å²) in [6, 6.07) is 22.6. The molecule has 3 aromatic carbocycles. The zero-order chi connectivity index (χ0) is 22.1. The second-order valence-electron chi connectivity index (χ2n) is 7.71. The van der Waals surface area contributed by atoms with E-state index in [1.54, 1.807) is 12.1 Å². The quantitative estimate of drug-likeness (QED) is 0.393. The number of rotatable bonds is 4. The first-order valence-electron chi connectivity index (χ1n) is 10.2. The van der Waals surface area contributed by atoms with Crippen molar-refractivity contribution >= 4 is 45.5 Å². The summed E-state index contributed by atoms with van der Waals surface area (Å²) in [6.07, 6.45) is 3.87. The van der Waals surface area contributed by atoms with Crippen LogP contribution < -0.4 is 5.32 Å². The third-order valence-corrected chi connectivity index (χ3v) is 6.16. The number of aromatic nitrogens is 1. The van der Waals surface area contributed by atoms with Gasteiger partial charge in [-0.25, -0.2) is 9.38 Å². The van der Waals surface area contributed by atoms with Crippen LogP contribution in [0.4, 0.5) is 10.1 Å². The molecule has 1 aliphatic heterocycles. The maximum absolute atomic E-state index is 13.5. The molecule has 4 aromatic rings. The van der Waals surface area contributed by atoms with Gasteiger partial charge in [0.15, 0.2) is 5.17 Å². The Morgan fingerprint density at radius 2 is 1.91 bits per heavy atom. The van der Waals surface area contributed by atoms with Crippen LogP contribution in [0.5, 0.6) is 0 Å². The van der Waals surface area contributed by atoms with E-state index >= 15 is 0 Å². The lowest BCUT2D eigenvalue weighted by Gasteiger charge is -2.06. The Labute approximate surface area is 189 Å². The predicted molar refractivity (Wildman–Crippen MR) is 129 cm³/mol. The van der Waals surface area contributed by atoms with Crippen LogP contribution in [0.25, 0.3) is 17.0 Å². The number of hydrogen-bond acceptors (Lipinski definition) is 3. The van der Waals surface area contributed by atoms with Gasteiger partial charge in [-0.1, -0.05) is 35.9 Å². The molecule has 1 fully saturated rings. The van der Waals surface area contributed by atoms with Crippen LogP contribution in [0.3, 0.4) is 0 Å². The maximum Gasteiger partial charge on any atom is 0.264 e. The molecule has 1 N–H and O–H groups in total. The molecule has 2 heterocycles. The van der Waals surface area contributed by atoms with Gasteiger partial charge in [-0.15, -0.1) is 0 Å². The molecule has 1 aliphatic rings. The zero-order valence-electron chi connectivity index (χ0n) is 17.4. The van der Waals surface area contributed by atoms with E-state index in [9.17, 15) is 9.18 Å². The maximum atomic E-state index is 13.5. The minimum absolute atomic E-state index is 0.148. The Bertz CT molecular complexity index is 1390. The lowest BCUT2D eigenvalue weighted by atomic mass is 10.1. The molecule has 158 valence electrons. The topological polar surface area (TPSA) is 46.4 Å². The normalized spacial score (nSPS) is 16.2. The van der Waals surface area contributed by atoms with E-state index in [2.05, 4.69) is 14.9 Å². The number of aryl methyl sites for hydroxylation is 1. The number of carbonyl (C=O) groups excluding carboxylic acids is 1. The average molecular weight is 442 g/mol. The molecular weight excluding hydrogens is 421 g/mol. The summed E-state index contributed by atoms with van der Waals surface area (Å²) in [5.41, 5.74) is 4.88. The van der Waals surface area contributed by atoms with E-state index in [-0.39, 0.29) is 11.7 Å². The van der Waals surface area contributed by atoms with Crippen molar-refractivity contribution in [3.8, 4) is 0 Å². The van der Waals surface area contributed by atoms with Crippen molar-refractivity contribution in [2.45, 2.75) is 13.5 Å². The van der Waals surface area contributed by atoms with Crippen molar-refractivity contribution in [3.63, 3.8) is 0 Å². The van der Waals surface area contributed by atoms with Crippen molar-refractivity contribution in [1.82, 2.24) is 9.88 Å². The molecule has 0 bridgehead atoms. The Balaban J connectivity index is 1.37. The second-order valence-corrected chi connectivity index (χ2v) is 8.74. The van der Waals surface area contributed by atoms with Gasteiger partial charge in [0.25, 0.3) is 5.91 Å². The van der Waals surface area contributed by atoms with Crippen molar-refractivity contribution in [2.24, 2.45) is 4.99 Å². The number of thioether (sulfide) groups is 1. The number of aliphatic imine (C=N–C) groups is 1. The van der Waals surface area contributed by atoms with E-state index in [0.717, 1.165) is 33.3 Å². The van der Waals surface area contributed by atoms with Gasteiger partial charge in [0, 0.05) is 23.6 Å². The molecule has 0 unspecified atom stereocenters.